The van der Waals surface area contributed by atoms with Crippen LogP contribution in [0.4, 0.5) is 11.4 Å². The number of nitrogens with zero attached hydrogens (tertiary/aromatic N) is 3. The van der Waals surface area contributed by atoms with Gasteiger partial charge in [-0.05, 0) is 56.4 Å². The lowest BCUT2D eigenvalue weighted by Crippen LogP contribution is -2.31. The molecule has 5 rings (SSSR count). The zero-order valence-electron chi connectivity index (χ0n) is 19.8. The van der Waals surface area contributed by atoms with Crippen LogP contribution in [0, 0.1) is 6.92 Å². The van der Waals surface area contributed by atoms with Gasteiger partial charge in [-0.3, -0.25) is 14.6 Å². The molecule has 182 valence electrons. The summed E-state index contributed by atoms with van der Waals surface area (Å²) in [5, 5.41) is 9.87. The van der Waals surface area contributed by atoms with E-state index in [9.17, 15) is 9.59 Å². The van der Waals surface area contributed by atoms with E-state index in [4.69, 9.17) is 9.26 Å². The number of nitrogens with one attached hydrogen (secondary N) is 2. The van der Waals surface area contributed by atoms with Crippen molar-refractivity contribution < 1.29 is 18.8 Å². The summed E-state index contributed by atoms with van der Waals surface area (Å²) in [5.74, 6) is -0.425. The minimum atomic E-state index is -0.327. The number of anilines is 2. The molecule has 0 bridgehead atoms. The summed E-state index contributed by atoms with van der Waals surface area (Å²) in [6.07, 6.45) is 7.69. The van der Waals surface area contributed by atoms with Crippen LogP contribution < -0.4 is 15.5 Å². The highest BCUT2D eigenvalue weighted by molar-refractivity contribution is 6.05. The van der Waals surface area contributed by atoms with Gasteiger partial charge in [0.1, 0.15) is 5.69 Å². The fourth-order valence-electron chi connectivity index (χ4n) is 4.49. The Labute approximate surface area is 203 Å². The number of aromatic nitrogens is 2. The van der Waals surface area contributed by atoms with Crippen LogP contribution in [0.1, 0.15) is 52.2 Å². The first-order chi connectivity index (χ1) is 17.1. The van der Waals surface area contributed by atoms with Crippen LogP contribution >= 0.6 is 0 Å². The molecular weight excluding hydrogens is 446 g/mol. The Hall–Kier alpha value is -3.72. The van der Waals surface area contributed by atoms with Crippen molar-refractivity contribution in [3.8, 4) is 11.3 Å². The van der Waals surface area contributed by atoms with Crippen LogP contribution in [-0.4, -0.2) is 54.3 Å². The maximum absolute atomic E-state index is 12.9. The third-order valence-electron chi connectivity index (χ3n) is 6.48. The number of rotatable bonds is 7. The fraction of sp³-hybridized carbons (Fsp3) is 0.385. The van der Waals surface area contributed by atoms with E-state index < -0.39 is 0 Å². The van der Waals surface area contributed by atoms with Crippen LogP contribution in [0.15, 0.2) is 47.2 Å². The van der Waals surface area contributed by atoms with Gasteiger partial charge in [0, 0.05) is 49.8 Å². The van der Waals surface area contributed by atoms with Gasteiger partial charge in [-0.1, -0.05) is 11.2 Å². The van der Waals surface area contributed by atoms with E-state index in [0.29, 0.717) is 23.5 Å². The topological polar surface area (TPSA) is 110 Å². The maximum Gasteiger partial charge on any atom is 0.290 e. The van der Waals surface area contributed by atoms with E-state index in [1.165, 1.54) is 0 Å². The first-order valence-electron chi connectivity index (χ1n) is 12.1. The number of ether oxygens (including phenoxy) is 1. The zero-order chi connectivity index (χ0) is 24.2. The van der Waals surface area contributed by atoms with E-state index in [-0.39, 0.29) is 23.7 Å². The number of hydrogen-bond acceptors (Lipinski definition) is 7. The van der Waals surface area contributed by atoms with Crippen molar-refractivity contribution in [1.29, 1.82) is 0 Å². The molecule has 35 heavy (non-hydrogen) atoms. The van der Waals surface area contributed by atoms with Crippen molar-refractivity contribution >= 4 is 23.2 Å². The Morgan fingerprint density at radius 1 is 1.09 bits per heavy atom. The SMILES string of the molecule is Cc1ccc(NC(=O)c2cncc(N3CCCC3)c2)cc1-c1cc(C(=O)NCC2CCCO2)on1. The molecule has 1 aromatic carbocycles. The summed E-state index contributed by atoms with van der Waals surface area (Å²) < 4.78 is 10.8. The molecule has 2 amide bonds. The van der Waals surface area contributed by atoms with Gasteiger partial charge in [0.25, 0.3) is 11.8 Å². The van der Waals surface area contributed by atoms with Crippen LogP contribution in [0.2, 0.25) is 0 Å². The Bertz CT molecular complexity index is 1210. The van der Waals surface area contributed by atoms with Gasteiger partial charge in [0.2, 0.25) is 5.76 Å². The monoisotopic (exact) mass is 475 g/mol. The molecule has 0 saturated carbocycles. The van der Waals surface area contributed by atoms with E-state index in [1.54, 1.807) is 18.5 Å². The van der Waals surface area contributed by atoms with Gasteiger partial charge in [-0.2, -0.15) is 0 Å². The molecule has 4 heterocycles. The number of carbonyl (C=O) groups is 2. The molecule has 2 fully saturated rings. The Kier molecular flexibility index (Phi) is 6.76. The quantitative estimate of drug-likeness (QED) is 0.535. The molecule has 1 atom stereocenters. The highest BCUT2D eigenvalue weighted by atomic mass is 16.5. The molecule has 2 aromatic heterocycles. The Morgan fingerprint density at radius 3 is 2.74 bits per heavy atom. The van der Waals surface area contributed by atoms with Crippen LogP contribution in [0.3, 0.4) is 0 Å². The largest absolute Gasteiger partial charge is 0.376 e. The van der Waals surface area contributed by atoms with Crippen molar-refractivity contribution in [3.63, 3.8) is 0 Å². The number of carbonyl (C=O) groups excluding carboxylic acids is 2. The molecular formula is C26H29N5O4. The Balaban J connectivity index is 1.27. The molecule has 2 saturated heterocycles. The first kappa shape index (κ1) is 23.0. The van der Waals surface area contributed by atoms with E-state index in [2.05, 4.69) is 25.7 Å². The van der Waals surface area contributed by atoms with Gasteiger partial charge in [-0.25, -0.2) is 0 Å². The van der Waals surface area contributed by atoms with Crippen LogP contribution in [-0.2, 0) is 4.74 Å². The summed E-state index contributed by atoms with van der Waals surface area (Å²) in [7, 11) is 0. The molecule has 1 unspecified atom stereocenters. The average Bonchev–Trinajstić information content (AvgIpc) is 3.67. The van der Waals surface area contributed by atoms with Gasteiger partial charge < -0.3 is 24.8 Å². The number of hydrogen-bond donors (Lipinski definition) is 2. The lowest BCUT2D eigenvalue weighted by molar-refractivity contribution is 0.0827. The molecule has 0 radical (unpaired) electrons. The summed E-state index contributed by atoms with van der Waals surface area (Å²) >= 11 is 0. The molecule has 0 spiro atoms. The number of aryl methyl sites for hydroxylation is 1. The van der Waals surface area contributed by atoms with Crippen molar-refractivity contribution in [2.75, 3.05) is 36.5 Å². The third-order valence-corrected chi connectivity index (χ3v) is 6.48. The predicted molar refractivity (Wildman–Crippen MR) is 132 cm³/mol. The standard InChI is InChI=1S/C26H29N5O4/c1-17-6-7-19(29-25(32)18-11-20(15-27-14-18)31-8-2-3-9-31)12-22(17)23-13-24(35-30-23)26(33)28-16-21-5-4-10-34-21/h6-7,11-15,21H,2-5,8-10,16H2,1H3,(H,28,33)(H,29,32). The van der Waals surface area contributed by atoms with Crippen molar-refractivity contribution in [2.24, 2.45) is 0 Å². The zero-order valence-corrected chi connectivity index (χ0v) is 19.8. The molecule has 2 N–H and O–H groups in total. The third kappa shape index (κ3) is 5.35. The van der Waals surface area contributed by atoms with E-state index in [0.717, 1.165) is 62.2 Å². The summed E-state index contributed by atoms with van der Waals surface area (Å²) in [6, 6.07) is 9.06. The lowest BCUT2D eigenvalue weighted by Gasteiger charge is -2.17. The summed E-state index contributed by atoms with van der Waals surface area (Å²) in [6.45, 7) is 5.10. The molecule has 9 nitrogen and oxygen atoms in total. The molecule has 2 aliphatic rings. The second-order valence-electron chi connectivity index (χ2n) is 9.03. The molecule has 2 aliphatic heterocycles. The highest BCUT2D eigenvalue weighted by Crippen LogP contribution is 2.27. The van der Waals surface area contributed by atoms with Gasteiger partial charge in [0.15, 0.2) is 0 Å². The lowest BCUT2D eigenvalue weighted by atomic mass is 10.0. The smallest absolute Gasteiger partial charge is 0.290 e. The Morgan fingerprint density at radius 2 is 1.94 bits per heavy atom. The minimum absolute atomic E-state index is 0.0510. The predicted octanol–water partition coefficient (Wildman–Crippen LogP) is 3.81. The van der Waals surface area contributed by atoms with E-state index in [1.807, 2.05) is 31.2 Å². The van der Waals surface area contributed by atoms with E-state index >= 15 is 0 Å². The number of amides is 2. The molecule has 0 aliphatic carbocycles. The molecule has 3 aromatic rings. The van der Waals surface area contributed by atoms with Crippen molar-refractivity contribution in [2.45, 2.75) is 38.7 Å². The van der Waals surface area contributed by atoms with Crippen molar-refractivity contribution in [3.05, 3.63) is 59.6 Å². The fourth-order valence-corrected chi connectivity index (χ4v) is 4.49. The van der Waals surface area contributed by atoms with Gasteiger partial charge >= 0.3 is 0 Å². The number of pyridine rings is 1. The first-order valence-corrected chi connectivity index (χ1v) is 12.1. The van der Waals surface area contributed by atoms with Crippen molar-refractivity contribution in [1.82, 2.24) is 15.5 Å². The average molecular weight is 476 g/mol. The second kappa shape index (κ2) is 10.3. The normalized spacial score (nSPS) is 17.5. The number of benzene rings is 1. The van der Waals surface area contributed by atoms with Gasteiger partial charge in [-0.15, -0.1) is 0 Å². The minimum Gasteiger partial charge on any atom is -0.376 e. The summed E-state index contributed by atoms with van der Waals surface area (Å²) in [4.78, 5) is 31.9. The second-order valence-corrected chi connectivity index (χ2v) is 9.03. The van der Waals surface area contributed by atoms with Gasteiger partial charge in [0.05, 0.1) is 23.6 Å². The van der Waals surface area contributed by atoms with Crippen LogP contribution in [0.25, 0.3) is 11.3 Å². The molecule has 9 heteroatoms. The van der Waals surface area contributed by atoms with Crippen LogP contribution in [0.5, 0.6) is 0 Å². The highest BCUT2D eigenvalue weighted by Gasteiger charge is 2.20. The maximum atomic E-state index is 12.9. The summed E-state index contributed by atoms with van der Waals surface area (Å²) in [5.41, 5.74) is 4.33.